The topological polar surface area (TPSA) is 76.3 Å². The Bertz CT molecular complexity index is 892. The molecule has 0 saturated heterocycles. The van der Waals surface area contributed by atoms with Crippen molar-refractivity contribution in [3.8, 4) is 11.4 Å². The van der Waals surface area contributed by atoms with Crippen molar-refractivity contribution in [1.29, 1.82) is 0 Å². The number of aromatic nitrogens is 2. The summed E-state index contributed by atoms with van der Waals surface area (Å²) in [4.78, 5) is 8.40. The molecular formula is C17H17N3O3S. The van der Waals surface area contributed by atoms with Gasteiger partial charge in [-0.15, -0.1) is 0 Å². The molecule has 0 saturated carbocycles. The molecule has 0 N–H and O–H groups in total. The lowest BCUT2D eigenvalue weighted by Gasteiger charge is -2.22. The summed E-state index contributed by atoms with van der Waals surface area (Å²) >= 11 is 0. The van der Waals surface area contributed by atoms with Gasteiger partial charge in [0.15, 0.2) is 5.82 Å². The Labute approximate surface area is 140 Å². The highest BCUT2D eigenvalue weighted by molar-refractivity contribution is 7.89. The number of benzene rings is 1. The Morgan fingerprint density at radius 2 is 1.71 bits per heavy atom. The van der Waals surface area contributed by atoms with Gasteiger partial charge < -0.3 is 4.42 Å². The number of nitrogens with zero attached hydrogens (tertiary/aromatic N) is 3. The van der Waals surface area contributed by atoms with E-state index in [4.69, 9.17) is 4.42 Å². The molecule has 0 aliphatic heterocycles. The minimum absolute atomic E-state index is 0.0445. The molecular weight excluding hydrogens is 326 g/mol. The second-order valence-corrected chi connectivity index (χ2v) is 7.32. The quantitative estimate of drug-likeness (QED) is 0.711. The molecule has 1 atom stereocenters. The zero-order chi connectivity index (χ0) is 17.2. The van der Waals surface area contributed by atoms with Gasteiger partial charge in [0.05, 0.1) is 24.7 Å². The number of rotatable bonds is 5. The predicted molar refractivity (Wildman–Crippen MR) is 89.5 cm³/mol. The molecule has 2 heterocycles. The Balaban J connectivity index is 1.87. The molecule has 1 aromatic carbocycles. The second kappa shape index (κ2) is 6.54. The maximum absolute atomic E-state index is 12.7. The van der Waals surface area contributed by atoms with Crippen LogP contribution in [0.5, 0.6) is 0 Å². The Morgan fingerprint density at radius 3 is 2.29 bits per heavy atom. The van der Waals surface area contributed by atoms with Gasteiger partial charge in [-0.1, -0.05) is 30.3 Å². The molecule has 0 unspecified atom stereocenters. The molecule has 0 fully saturated rings. The third kappa shape index (κ3) is 3.08. The molecule has 6 nitrogen and oxygen atoms in total. The molecule has 124 valence electrons. The van der Waals surface area contributed by atoms with Crippen LogP contribution in [0.15, 0.2) is 70.4 Å². The lowest BCUT2D eigenvalue weighted by molar-refractivity contribution is 0.339. The lowest BCUT2D eigenvalue weighted by atomic mass is 10.2. The van der Waals surface area contributed by atoms with Crippen LogP contribution in [0.25, 0.3) is 11.4 Å². The predicted octanol–water partition coefficient (Wildman–Crippen LogP) is 3.12. The number of furan rings is 1. The standard InChI is InChI=1S/C17H17N3O3S/c1-13(16-9-6-10-23-16)20(2)24(21,22)15-11-18-17(19-12-15)14-7-4-3-5-8-14/h3-13H,1-2H3/t13-/m1/s1. The van der Waals surface area contributed by atoms with Crippen molar-refractivity contribution < 1.29 is 12.8 Å². The SMILES string of the molecule is C[C@H](c1ccco1)N(C)S(=O)(=O)c1cnc(-c2ccccc2)nc1. The summed E-state index contributed by atoms with van der Waals surface area (Å²) in [6, 6.07) is 12.4. The summed E-state index contributed by atoms with van der Waals surface area (Å²) in [5, 5.41) is 0. The third-order valence-corrected chi connectivity index (χ3v) is 5.72. The Morgan fingerprint density at radius 1 is 1.04 bits per heavy atom. The highest BCUT2D eigenvalue weighted by Crippen LogP contribution is 2.25. The van der Waals surface area contributed by atoms with Crippen LogP contribution in [-0.4, -0.2) is 29.7 Å². The molecule has 0 amide bonds. The molecule has 0 spiro atoms. The van der Waals surface area contributed by atoms with E-state index in [0.717, 1.165) is 5.56 Å². The van der Waals surface area contributed by atoms with Crippen molar-refractivity contribution in [2.45, 2.75) is 17.9 Å². The maximum Gasteiger partial charge on any atom is 0.246 e. The highest BCUT2D eigenvalue weighted by atomic mass is 32.2. The third-order valence-electron chi connectivity index (χ3n) is 3.84. The first-order valence-electron chi connectivity index (χ1n) is 7.39. The first kappa shape index (κ1) is 16.4. The zero-order valence-corrected chi connectivity index (χ0v) is 14.1. The van der Waals surface area contributed by atoms with Crippen molar-refractivity contribution >= 4 is 10.0 Å². The van der Waals surface area contributed by atoms with E-state index in [1.165, 1.54) is 30.0 Å². The monoisotopic (exact) mass is 343 g/mol. The van der Waals surface area contributed by atoms with Gasteiger partial charge in [-0.25, -0.2) is 18.4 Å². The maximum atomic E-state index is 12.7. The van der Waals surface area contributed by atoms with E-state index in [0.29, 0.717) is 11.6 Å². The van der Waals surface area contributed by atoms with Gasteiger partial charge in [-0.2, -0.15) is 4.31 Å². The van der Waals surface area contributed by atoms with Gasteiger partial charge >= 0.3 is 0 Å². The first-order valence-corrected chi connectivity index (χ1v) is 8.83. The van der Waals surface area contributed by atoms with Crippen molar-refractivity contribution in [3.05, 3.63) is 66.9 Å². The van der Waals surface area contributed by atoms with Gasteiger partial charge in [-0.3, -0.25) is 0 Å². The molecule has 0 radical (unpaired) electrons. The van der Waals surface area contributed by atoms with Crippen molar-refractivity contribution in [2.75, 3.05) is 7.05 Å². The zero-order valence-electron chi connectivity index (χ0n) is 13.3. The summed E-state index contributed by atoms with van der Waals surface area (Å²) in [6.07, 6.45) is 4.18. The van der Waals surface area contributed by atoms with Gasteiger partial charge in [-0.05, 0) is 19.1 Å². The van der Waals surface area contributed by atoms with Gasteiger partial charge in [0.1, 0.15) is 10.7 Å². The average molecular weight is 343 g/mol. The van der Waals surface area contributed by atoms with Crippen molar-refractivity contribution in [2.24, 2.45) is 0 Å². The molecule has 3 aromatic rings. The number of hydrogen-bond acceptors (Lipinski definition) is 5. The fraction of sp³-hybridized carbons (Fsp3) is 0.176. The number of hydrogen-bond donors (Lipinski definition) is 0. The molecule has 0 aliphatic carbocycles. The van der Waals surface area contributed by atoms with Gasteiger partial charge in [0.2, 0.25) is 10.0 Å². The van der Waals surface area contributed by atoms with Crippen LogP contribution in [0.3, 0.4) is 0 Å². The molecule has 7 heteroatoms. The average Bonchev–Trinajstić information content (AvgIpc) is 3.16. The van der Waals surface area contributed by atoms with E-state index in [2.05, 4.69) is 9.97 Å². The largest absolute Gasteiger partial charge is 0.468 e. The Kier molecular flexibility index (Phi) is 4.46. The number of sulfonamides is 1. The molecule has 3 rings (SSSR count). The van der Waals surface area contributed by atoms with Crippen molar-refractivity contribution in [1.82, 2.24) is 14.3 Å². The summed E-state index contributed by atoms with van der Waals surface area (Å²) in [7, 11) is -2.21. The summed E-state index contributed by atoms with van der Waals surface area (Å²) in [6.45, 7) is 1.76. The van der Waals surface area contributed by atoms with E-state index in [1.807, 2.05) is 30.3 Å². The van der Waals surface area contributed by atoms with Gasteiger partial charge in [0, 0.05) is 12.6 Å². The van der Waals surface area contributed by atoms with E-state index in [-0.39, 0.29) is 4.90 Å². The van der Waals surface area contributed by atoms with Crippen LogP contribution < -0.4 is 0 Å². The summed E-state index contributed by atoms with van der Waals surface area (Å²) < 4.78 is 32.0. The van der Waals surface area contributed by atoms with E-state index >= 15 is 0 Å². The van der Waals surface area contributed by atoms with Crippen LogP contribution in [0.1, 0.15) is 18.7 Å². The van der Waals surface area contributed by atoms with Crippen LogP contribution in [0.4, 0.5) is 0 Å². The van der Waals surface area contributed by atoms with E-state index < -0.39 is 16.1 Å². The smallest absolute Gasteiger partial charge is 0.246 e. The minimum Gasteiger partial charge on any atom is -0.468 e. The lowest BCUT2D eigenvalue weighted by Crippen LogP contribution is -2.29. The normalized spacial score (nSPS) is 13.1. The first-order chi connectivity index (χ1) is 11.5. The fourth-order valence-corrected chi connectivity index (χ4v) is 3.49. The molecule has 0 bridgehead atoms. The van der Waals surface area contributed by atoms with Crippen molar-refractivity contribution in [3.63, 3.8) is 0 Å². The Hall–Kier alpha value is -2.51. The van der Waals surface area contributed by atoms with Crippen LogP contribution in [0.2, 0.25) is 0 Å². The fourth-order valence-electron chi connectivity index (χ4n) is 2.27. The minimum atomic E-state index is -3.71. The molecule has 0 aliphatic rings. The molecule has 2 aromatic heterocycles. The van der Waals surface area contributed by atoms with Crippen LogP contribution >= 0.6 is 0 Å². The van der Waals surface area contributed by atoms with E-state index in [9.17, 15) is 8.42 Å². The summed E-state index contributed by atoms with van der Waals surface area (Å²) in [5.41, 5.74) is 0.832. The van der Waals surface area contributed by atoms with Crippen LogP contribution in [-0.2, 0) is 10.0 Å². The summed E-state index contributed by atoms with van der Waals surface area (Å²) in [5.74, 6) is 1.05. The van der Waals surface area contributed by atoms with Gasteiger partial charge in [0.25, 0.3) is 0 Å². The highest BCUT2D eigenvalue weighted by Gasteiger charge is 2.28. The van der Waals surface area contributed by atoms with E-state index in [1.54, 1.807) is 19.1 Å². The molecule has 24 heavy (non-hydrogen) atoms. The second-order valence-electron chi connectivity index (χ2n) is 5.32. The van der Waals surface area contributed by atoms with Crippen LogP contribution in [0, 0.1) is 0 Å².